The minimum absolute atomic E-state index is 0.163. The maximum atomic E-state index is 12.1. The molecule has 0 unspecified atom stereocenters. The summed E-state index contributed by atoms with van der Waals surface area (Å²) in [6, 6.07) is 17.6. The Kier molecular flexibility index (Phi) is 5.48. The van der Waals surface area contributed by atoms with Gasteiger partial charge in [0.05, 0.1) is 11.6 Å². The molecule has 0 spiro atoms. The van der Waals surface area contributed by atoms with Gasteiger partial charge in [-0.25, -0.2) is 0 Å². The van der Waals surface area contributed by atoms with Gasteiger partial charge >= 0.3 is 0 Å². The number of carbonyl (C=O) groups is 1. The molecule has 0 bridgehead atoms. The average Bonchev–Trinajstić information content (AvgIpc) is 3.19. The topological polar surface area (TPSA) is 56.1 Å². The van der Waals surface area contributed by atoms with Crippen LogP contribution in [0.15, 0.2) is 54.6 Å². The molecule has 1 amide bonds. The van der Waals surface area contributed by atoms with Crippen LogP contribution in [0.4, 0.5) is 5.69 Å². The lowest BCUT2D eigenvalue weighted by atomic mass is 10.1. The van der Waals surface area contributed by atoms with Crippen molar-refractivity contribution in [1.29, 1.82) is 5.26 Å². The number of nitrogens with zero attached hydrogens (tertiary/aromatic N) is 2. The Hall–Kier alpha value is -3.06. The van der Waals surface area contributed by atoms with E-state index in [0.717, 1.165) is 24.2 Å². The van der Waals surface area contributed by atoms with E-state index < -0.39 is 0 Å². The third-order valence-corrected chi connectivity index (χ3v) is 4.39. The number of para-hydroxylation sites is 1. The minimum atomic E-state index is -0.163. The molecular weight excluding hydrogens is 310 g/mol. The Balaban J connectivity index is 1.63. The molecule has 2 aromatic rings. The van der Waals surface area contributed by atoms with E-state index in [1.54, 1.807) is 12.1 Å². The standard InChI is InChI=1S/C21H21N3O/c22-15-18-8-2-1-7-17(18)11-12-21(25)23-16-19-9-3-4-10-20(19)24-13-5-6-14-24/h1-4,7-12H,5-6,13-14,16H2,(H,23,25)/b12-11+. The summed E-state index contributed by atoms with van der Waals surface area (Å²) in [5, 5.41) is 12.0. The van der Waals surface area contributed by atoms with Crippen LogP contribution in [0.5, 0.6) is 0 Å². The Morgan fingerprint density at radius 3 is 2.64 bits per heavy atom. The third kappa shape index (κ3) is 4.27. The van der Waals surface area contributed by atoms with E-state index in [0.29, 0.717) is 12.1 Å². The number of anilines is 1. The fourth-order valence-corrected chi connectivity index (χ4v) is 3.08. The third-order valence-electron chi connectivity index (χ3n) is 4.39. The summed E-state index contributed by atoms with van der Waals surface area (Å²) in [5.41, 5.74) is 3.64. The zero-order valence-corrected chi connectivity index (χ0v) is 14.1. The molecule has 25 heavy (non-hydrogen) atoms. The van der Waals surface area contributed by atoms with Gasteiger partial charge in [0.2, 0.25) is 5.91 Å². The molecule has 1 aliphatic rings. The molecule has 1 heterocycles. The number of nitrogens with one attached hydrogen (secondary N) is 1. The highest BCUT2D eigenvalue weighted by Gasteiger charge is 2.15. The predicted molar refractivity (Wildman–Crippen MR) is 99.9 cm³/mol. The van der Waals surface area contributed by atoms with Crippen LogP contribution in [0.3, 0.4) is 0 Å². The highest BCUT2D eigenvalue weighted by molar-refractivity contribution is 5.92. The molecule has 0 atom stereocenters. The molecule has 0 radical (unpaired) electrons. The average molecular weight is 331 g/mol. The second kappa shape index (κ2) is 8.16. The van der Waals surface area contributed by atoms with Crippen LogP contribution in [0.2, 0.25) is 0 Å². The fraction of sp³-hybridized carbons (Fsp3) is 0.238. The van der Waals surface area contributed by atoms with Gasteiger partial charge in [-0.3, -0.25) is 4.79 Å². The quantitative estimate of drug-likeness (QED) is 0.853. The van der Waals surface area contributed by atoms with Crippen molar-refractivity contribution in [2.75, 3.05) is 18.0 Å². The first-order valence-electron chi connectivity index (χ1n) is 8.56. The molecule has 1 fully saturated rings. The van der Waals surface area contributed by atoms with E-state index in [2.05, 4.69) is 28.4 Å². The Morgan fingerprint density at radius 2 is 1.84 bits per heavy atom. The highest BCUT2D eigenvalue weighted by atomic mass is 16.1. The Morgan fingerprint density at radius 1 is 1.12 bits per heavy atom. The second-order valence-corrected chi connectivity index (χ2v) is 6.07. The maximum Gasteiger partial charge on any atom is 0.244 e. The lowest BCUT2D eigenvalue weighted by Crippen LogP contribution is -2.24. The first-order chi connectivity index (χ1) is 12.3. The Labute approximate surface area is 148 Å². The van der Waals surface area contributed by atoms with Crippen LogP contribution in [-0.2, 0) is 11.3 Å². The first kappa shape index (κ1) is 16.8. The molecule has 4 heteroatoms. The summed E-state index contributed by atoms with van der Waals surface area (Å²) in [4.78, 5) is 14.5. The molecule has 0 saturated carbocycles. The summed E-state index contributed by atoms with van der Waals surface area (Å²) in [5.74, 6) is -0.163. The molecular formula is C21H21N3O. The molecule has 2 aromatic carbocycles. The molecule has 0 aliphatic carbocycles. The van der Waals surface area contributed by atoms with Crippen molar-refractivity contribution in [2.45, 2.75) is 19.4 Å². The van der Waals surface area contributed by atoms with E-state index in [4.69, 9.17) is 5.26 Å². The van der Waals surface area contributed by atoms with Gasteiger partial charge in [0.15, 0.2) is 0 Å². The predicted octanol–water partition coefficient (Wildman–Crippen LogP) is 3.49. The number of amides is 1. The number of hydrogen-bond acceptors (Lipinski definition) is 3. The number of nitriles is 1. The van der Waals surface area contributed by atoms with E-state index in [1.165, 1.54) is 24.6 Å². The Bertz CT molecular complexity index is 814. The van der Waals surface area contributed by atoms with Crippen LogP contribution in [-0.4, -0.2) is 19.0 Å². The van der Waals surface area contributed by atoms with E-state index >= 15 is 0 Å². The van der Waals surface area contributed by atoms with Crippen molar-refractivity contribution in [1.82, 2.24) is 5.32 Å². The van der Waals surface area contributed by atoms with Gasteiger partial charge in [-0.05, 0) is 42.2 Å². The van der Waals surface area contributed by atoms with Crippen molar-refractivity contribution in [3.05, 3.63) is 71.3 Å². The summed E-state index contributed by atoms with van der Waals surface area (Å²) in [6.45, 7) is 2.65. The summed E-state index contributed by atoms with van der Waals surface area (Å²) in [7, 11) is 0. The fourth-order valence-electron chi connectivity index (χ4n) is 3.08. The molecule has 126 valence electrons. The number of rotatable bonds is 5. The first-order valence-corrected chi connectivity index (χ1v) is 8.56. The lowest BCUT2D eigenvalue weighted by Gasteiger charge is -2.21. The van der Waals surface area contributed by atoms with Gasteiger partial charge in [-0.2, -0.15) is 5.26 Å². The van der Waals surface area contributed by atoms with Crippen LogP contribution in [0.1, 0.15) is 29.5 Å². The van der Waals surface area contributed by atoms with Gasteiger partial charge in [-0.15, -0.1) is 0 Å². The van der Waals surface area contributed by atoms with Gasteiger partial charge in [0, 0.05) is 31.4 Å². The molecule has 1 N–H and O–H groups in total. The normalized spacial score (nSPS) is 13.8. The van der Waals surface area contributed by atoms with Crippen LogP contribution in [0.25, 0.3) is 6.08 Å². The van der Waals surface area contributed by atoms with E-state index in [1.807, 2.05) is 30.3 Å². The van der Waals surface area contributed by atoms with Crippen LogP contribution >= 0.6 is 0 Å². The smallest absolute Gasteiger partial charge is 0.244 e. The van der Waals surface area contributed by atoms with E-state index in [-0.39, 0.29) is 5.91 Å². The van der Waals surface area contributed by atoms with Crippen molar-refractivity contribution in [3.63, 3.8) is 0 Å². The molecule has 3 rings (SSSR count). The highest BCUT2D eigenvalue weighted by Crippen LogP contribution is 2.24. The van der Waals surface area contributed by atoms with Crippen molar-refractivity contribution in [2.24, 2.45) is 0 Å². The maximum absolute atomic E-state index is 12.1. The largest absolute Gasteiger partial charge is 0.371 e. The summed E-state index contributed by atoms with van der Waals surface area (Å²) in [6.07, 6.45) is 5.61. The number of hydrogen-bond donors (Lipinski definition) is 1. The second-order valence-electron chi connectivity index (χ2n) is 6.07. The monoisotopic (exact) mass is 331 g/mol. The lowest BCUT2D eigenvalue weighted by molar-refractivity contribution is -0.116. The van der Waals surface area contributed by atoms with Gasteiger partial charge < -0.3 is 10.2 Å². The van der Waals surface area contributed by atoms with Crippen molar-refractivity contribution < 1.29 is 4.79 Å². The van der Waals surface area contributed by atoms with Crippen LogP contribution < -0.4 is 10.2 Å². The SMILES string of the molecule is N#Cc1ccccc1/C=C/C(=O)NCc1ccccc1N1CCCC1. The zero-order valence-electron chi connectivity index (χ0n) is 14.1. The van der Waals surface area contributed by atoms with Gasteiger partial charge in [0.1, 0.15) is 0 Å². The van der Waals surface area contributed by atoms with Crippen LogP contribution in [0, 0.1) is 11.3 Å². The molecule has 1 aliphatic heterocycles. The molecule has 4 nitrogen and oxygen atoms in total. The molecule has 0 aromatic heterocycles. The summed E-state index contributed by atoms with van der Waals surface area (Å²) >= 11 is 0. The van der Waals surface area contributed by atoms with Crippen molar-refractivity contribution in [3.8, 4) is 6.07 Å². The molecule has 1 saturated heterocycles. The number of benzene rings is 2. The van der Waals surface area contributed by atoms with Gasteiger partial charge in [0.25, 0.3) is 0 Å². The van der Waals surface area contributed by atoms with Gasteiger partial charge in [-0.1, -0.05) is 36.4 Å². The van der Waals surface area contributed by atoms with Crippen molar-refractivity contribution >= 4 is 17.7 Å². The summed E-state index contributed by atoms with van der Waals surface area (Å²) < 4.78 is 0. The zero-order chi connectivity index (χ0) is 17.5. The minimum Gasteiger partial charge on any atom is -0.371 e. The van der Waals surface area contributed by atoms with E-state index in [9.17, 15) is 4.79 Å². The number of carbonyl (C=O) groups excluding carboxylic acids is 1.